The highest BCUT2D eigenvalue weighted by Gasteiger charge is 2.21. The number of aryl methyl sites for hydroxylation is 1. The number of piperidine rings is 1. The third-order valence-electron chi connectivity index (χ3n) is 6.09. The van der Waals surface area contributed by atoms with Crippen LogP contribution in [0.4, 0.5) is 11.4 Å². The van der Waals surface area contributed by atoms with E-state index in [0.717, 1.165) is 25.2 Å². The number of carbonyl (C=O) groups excluding carboxylic acids is 3. The second-order valence-corrected chi connectivity index (χ2v) is 9.11. The molecule has 9 nitrogen and oxygen atoms in total. The Labute approximate surface area is 214 Å². The lowest BCUT2D eigenvalue weighted by Gasteiger charge is -2.26. The molecule has 3 amide bonds. The summed E-state index contributed by atoms with van der Waals surface area (Å²) in [4.78, 5) is 47.2. The average Bonchev–Trinajstić information content (AvgIpc) is 3.37. The summed E-state index contributed by atoms with van der Waals surface area (Å²) in [5.74, 6) is -1.21. The second-order valence-electron chi connectivity index (χ2n) is 8.70. The van der Waals surface area contributed by atoms with E-state index in [1.165, 1.54) is 25.6 Å². The molecule has 188 valence electrons. The minimum absolute atomic E-state index is 0.0477. The molecular weight excluding hydrogens is 480 g/mol. The topological polar surface area (TPSA) is 119 Å². The maximum absolute atomic E-state index is 12.9. The van der Waals surface area contributed by atoms with Crippen molar-refractivity contribution < 1.29 is 14.4 Å². The summed E-state index contributed by atoms with van der Waals surface area (Å²) >= 11 is 6.11. The Morgan fingerprint density at radius 2 is 1.78 bits per heavy atom. The average molecular weight is 509 g/mol. The minimum Gasteiger partial charge on any atom is -0.349 e. The second kappa shape index (κ2) is 11.8. The van der Waals surface area contributed by atoms with E-state index in [1.54, 1.807) is 42.5 Å². The number of aromatic amines is 1. The number of imidazole rings is 1. The van der Waals surface area contributed by atoms with Crippen LogP contribution in [0.2, 0.25) is 5.02 Å². The number of carbonyl (C=O) groups is 3. The zero-order valence-electron chi connectivity index (χ0n) is 20.1. The first-order chi connectivity index (χ1) is 17.4. The largest absolute Gasteiger partial charge is 0.349 e. The molecule has 0 spiro atoms. The van der Waals surface area contributed by atoms with E-state index in [9.17, 15) is 14.4 Å². The molecule has 0 unspecified atom stereocenters. The van der Waals surface area contributed by atoms with E-state index < -0.39 is 11.8 Å². The van der Waals surface area contributed by atoms with Gasteiger partial charge in [0.2, 0.25) is 0 Å². The summed E-state index contributed by atoms with van der Waals surface area (Å²) in [5.41, 5.74) is 2.35. The van der Waals surface area contributed by atoms with Crippen LogP contribution < -0.4 is 16.0 Å². The molecular formula is C26H29ClN6O3. The molecule has 10 heteroatoms. The van der Waals surface area contributed by atoms with Crippen LogP contribution in [-0.4, -0.2) is 58.8 Å². The number of H-pyrrole nitrogens is 1. The monoisotopic (exact) mass is 508 g/mol. The van der Waals surface area contributed by atoms with Crippen molar-refractivity contribution in [2.24, 2.45) is 0 Å². The summed E-state index contributed by atoms with van der Waals surface area (Å²) in [6.45, 7) is 5.18. The Kier molecular flexibility index (Phi) is 8.35. The Bertz CT molecular complexity index is 1250. The van der Waals surface area contributed by atoms with Crippen molar-refractivity contribution in [2.75, 3.05) is 36.8 Å². The van der Waals surface area contributed by atoms with E-state index in [0.29, 0.717) is 28.5 Å². The van der Waals surface area contributed by atoms with Crippen LogP contribution in [0.5, 0.6) is 0 Å². The number of aromatic nitrogens is 2. The molecule has 4 N–H and O–H groups in total. The molecule has 3 aromatic rings. The lowest BCUT2D eigenvalue weighted by Crippen LogP contribution is -2.38. The number of hydrogen-bond acceptors (Lipinski definition) is 5. The highest BCUT2D eigenvalue weighted by Crippen LogP contribution is 2.23. The third kappa shape index (κ3) is 6.30. The number of anilines is 2. The molecule has 1 aliphatic rings. The molecule has 0 saturated carbocycles. The molecule has 1 fully saturated rings. The molecule has 4 rings (SSSR count). The van der Waals surface area contributed by atoms with Gasteiger partial charge in [-0.15, -0.1) is 0 Å². The van der Waals surface area contributed by atoms with Gasteiger partial charge in [-0.3, -0.25) is 14.4 Å². The summed E-state index contributed by atoms with van der Waals surface area (Å²) in [7, 11) is 0. The van der Waals surface area contributed by atoms with Crippen molar-refractivity contribution in [3.8, 4) is 0 Å². The predicted octanol–water partition coefficient (Wildman–Crippen LogP) is 4.09. The van der Waals surface area contributed by atoms with Crippen molar-refractivity contribution >= 4 is 40.7 Å². The lowest BCUT2D eigenvalue weighted by molar-refractivity contribution is 0.0929. The lowest BCUT2D eigenvalue weighted by atomic mass is 10.1. The number of hydrogen-bond donors (Lipinski definition) is 4. The number of amides is 3. The minimum atomic E-state index is -0.485. The SMILES string of the molecule is Cc1cc(NC(=O)c2[nH]cnc2C(=O)NCCN2CCCCC2)ccc1NC(=O)c1ccccc1Cl. The van der Waals surface area contributed by atoms with E-state index in [-0.39, 0.29) is 17.3 Å². The van der Waals surface area contributed by atoms with Crippen molar-refractivity contribution in [1.29, 1.82) is 0 Å². The molecule has 0 atom stereocenters. The van der Waals surface area contributed by atoms with Gasteiger partial charge in [-0.05, 0) is 68.8 Å². The third-order valence-corrected chi connectivity index (χ3v) is 6.42. The van der Waals surface area contributed by atoms with Gasteiger partial charge in [0.15, 0.2) is 5.69 Å². The normalized spacial score (nSPS) is 13.7. The number of nitrogens with one attached hydrogen (secondary N) is 4. The Morgan fingerprint density at radius 1 is 1.00 bits per heavy atom. The van der Waals surface area contributed by atoms with Crippen LogP contribution in [-0.2, 0) is 0 Å². The van der Waals surface area contributed by atoms with Gasteiger partial charge in [-0.25, -0.2) is 4.98 Å². The number of rotatable bonds is 8. The highest BCUT2D eigenvalue weighted by atomic mass is 35.5. The molecule has 1 aromatic heterocycles. The fraction of sp³-hybridized carbons (Fsp3) is 0.308. The van der Waals surface area contributed by atoms with Crippen molar-refractivity contribution in [2.45, 2.75) is 26.2 Å². The van der Waals surface area contributed by atoms with Crippen LogP contribution >= 0.6 is 11.6 Å². The Hall–Kier alpha value is -3.69. The van der Waals surface area contributed by atoms with E-state index >= 15 is 0 Å². The van der Waals surface area contributed by atoms with Crippen LogP contribution in [0.15, 0.2) is 48.8 Å². The van der Waals surface area contributed by atoms with Gasteiger partial charge in [0, 0.05) is 24.5 Å². The number of likely N-dealkylation sites (tertiary alicyclic amines) is 1. The number of benzene rings is 2. The first kappa shape index (κ1) is 25.4. The van der Waals surface area contributed by atoms with Crippen LogP contribution in [0.3, 0.4) is 0 Å². The maximum Gasteiger partial charge on any atom is 0.274 e. The van der Waals surface area contributed by atoms with Crippen LogP contribution in [0, 0.1) is 6.92 Å². The summed E-state index contributed by atoms with van der Waals surface area (Å²) in [6.07, 6.45) is 4.96. The van der Waals surface area contributed by atoms with E-state index in [4.69, 9.17) is 11.6 Å². The van der Waals surface area contributed by atoms with Gasteiger partial charge in [-0.1, -0.05) is 30.2 Å². The molecule has 2 aromatic carbocycles. The van der Waals surface area contributed by atoms with E-state index in [1.807, 2.05) is 6.92 Å². The molecule has 36 heavy (non-hydrogen) atoms. The smallest absolute Gasteiger partial charge is 0.274 e. The fourth-order valence-corrected chi connectivity index (χ4v) is 4.37. The van der Waals surface area contributed by atoms with Gasteiger partial charge >= 0.3 is 0 Å². The van der Waals surface area contributed by atoms with Crippen LogP contribution in [0.25, 0.3) is 0 Å². The number of halogens is 1. The first-order valence-corrected chi connectivity index (χ1v) is 12.3. The van der Waals surface area contributed by atoms with Crippen molar-refractivity contribution in [3.05, 3.63) is 76.3 Å². The Morgan fingerprint density at radius 3 is 2.53 bits per heavy atom. The molecule has 1 saturated heterocycles. The van der Waals surface area contributed by atoms with Gasteiger partial charge in [0.25, 0.3) is 17.7 Å². The maximum atomic E-state index is 12.9. The standard InChI is InChI=1S/C26H29ClN6O3/c1-17-15-18(9-10-21(17)32-24(34)19-7-3-4-8-20(19)27)31-26(36)23-22(29-16-30-23)25(35)28-11-14-33-12-5-2-6-13-33/h3-4,7-10,15-16H,2,5-6,11-14H2,1H3,(H,28,35)(H,29,30)(H,31,36)(H,32,34). The highest BCUT2D eigenvalue weighted by molar-refractivity contribution is 6.34. The summed E-state index contributed by atoms with van der Waals surface area (Å²) in [5, 5.41) is 8.83. The molecule has 2 heterocycles. The Balaban J connectivity index is 1.35. The van der Waals surface area contributed by atoms with Crippen LogP contribution in [0.1, 0.15) is 56.2 Å². The van der Waals surface area contributed by atoms with Crippen molar-refractivity contribution in [1.82, 2.24) is 20.2 Å². The fourth-order valence-electron chi connectivity index (χ4n) is 4.14. The van der Waals surface area contributed by atoms with Gasteiger partial charge in [-0.2, -0.15) is 0 Å². The predicted molar refractivity (Wildman–Crippen MR) is 140 cm³/mol. The quantitative estimate of drug-likeness (QED) is 0.365. The van der Waals surface area contributed by atoms with Gasteiger partial charge in [0.05, 0.1) is 16.9 Å². The van der Waals surface area contributed by atoms with Gasteiger partial charge < -0.3 is 25.8 Å². The molecule has 0 radical (unpaired) electrons. The molecule has 0 aliphatic carbocycles. The van der Waals surface area contributed by atoms with Crippen molar-refractivity contribution in [3.63, 3.8) is 0 Å². The van der Waals surface area contributed by atoms with E-state index in [2.05, 4.69) is 30.8 Å². The molecule has 1 aliphatic heterocycles. The zero-order chi connectivity index (χ0) is 25.5. The summed E-state index contributed by atoms with van der Waals surface area (Å²) < 4.78 is 0. The number of nitrogens with zero attached hydrogens (tertiary/aromatic N) is 2. The molecule has 0 bridgehead atoms. The zero-order valence-corrected chi connectivity index (χ0v) is 20.8. The summed E-state index contributed by atoms with van der Waals surface area (Å²) in [6, 6.07) is 11.9. The first-order valence-electron chi connectivity index (χ1n) is 11.9. The van der Waals surface area contributed by atoms with Gasteiger partial charge in [0.1, 0.15) is 5.69 Å².